The molecule has 1 atom stereocenters. The van der Waals surface area contributed by atoms with Gasteiger partial charge >= 0.3 is 0 Å². The summed E-state index contributed by atoms with van der Waals surface area (Å²) in [7, 11) is 0. The smallest absolute Gasteiger partial charge is 0.138 e. The van der Waals surface area contributed by atoms with E-state index in [1.807, 2.05) is 43.7 Å². The topological polar surface area (TPSA) is 50.9 Å². The summed E-state index contributed by atoms with van der Waals surface area (Å²) in [6.07, 6.45) is 1.24. The lowest BCUT2D eigenvalue weighted by molar-refractivity contribution is 0.173. The van der Waals surface area contributed by atoms with E-state index in [4.69, 9.17) is 11.6 Å². The zero-order chi connectivity index (χ0) is 14.0. The first-order valence-corrected chi connectivity index (χ1v) is 6.69. The molecule has 1 heterocycles. The number of aliphatic hydroxyl groups excluding tert-OH is 1. The van der Waals surface area contributed by atoms with Crippen LogP contribution in [0.1, 0.15) is 42.9 Å². The van der Waals surface area contributed by atoms with Crippen LogP contribution in [0.15, 0.2) is 24.5 Å². The number of aryl methyl sites for hydroxylation is 1. The summed E-state index contributed by atoms with van der Waals surface area (Å²) in [4.78, 5) is 4.20. The van der Waals surface area contributed by atoms with E-state index < -0.39 is 6.10 Å². The monoisotopic (exact) mass is 279 g/mol. The Kier molecular flexibility index (Phi) is 4.22. The van der Waals surface area contributed by atoms with Gasteiger partial charge in [0.1, 0.15) is 12.2 Å². The molecule has 0 bridgehead atoms. The minimum atomic E-state index is -0.671. The Morgan fingerprint density at radius 2 is 2.11 bits per heavy atom. The Balaban J connectivity index is 2.21. The van der Waals surface area contributed by atoms with E-state index in [0.29, 0.717) is 11.4 Å². The standard InChI is InChI=1S/C14H18ClN3O/c1-9(2)18-14(16-8-17-18)7-13(19)11-5-4-10(3)6-12(11)15/h4-6,8-9,13,19H,7H2,1-3H3. The Hall–Kier alpha value is -1.39. The lowest BCUT2D eigenvalue weighted by atomic mass is 10.0. The van der Waals surface area contributed by atoms with E-state index >= 15 is 0 Å². The van der Waals surface area contributed by atoms with Crippen LogP contribution in [-0.2, 0) is 6.42 Å². The van der Waals surface area contributed by atoms with E-state index in [0.717, 1.165) is 17.0 Å². The molecule has 0 amide bonds. The molecule has 4 nitrogen and oxygen atoms in total. The van der Waals surface area contributed by atoms with Crippen LogP contribution in [0.25, 0.3) is 0 Å². The Bertz CT molecular complexity index is 566. The predicted octanol–water partition coefficient (Wildman–Crippen LogP) is 3.10. The SMILES string of the molecule is Cc1ccc(C(O)Cc2ncnn2C(C)C)c(Cl)c1. The Morgan fingerprint density at radius 1 is 1.37 bits per heavy atom. The number of rotatable bonds is 4. The molecule has 0 saturated carbocycles. The molecule has 0 spiro atoms. The van der Waals surface area contributed by atoms with Crippen molar-refractivity contribution in [2.45, 2.75) is 39.3 Å². The van der Waals surface area contributed by atoms with Gasteiger partial charge in [0, 0.05) is 17.5 Å². The van der Waals surface area contributed by atoms with Gasteiger partial charge in [-0.1, -0.05) is 23.7 Å². The highest BCUT2D eigenvalue weighted by Gasteiger charge is 2.16. The quantitative estimate of drug-likeness (QED) is 0.936. The molecule has 2 aromatic rings. The molecule has 1 aromatic carbocycles. The molecule has 5 heteroatoms. The second-order valence-electron chi connectivity index (χ2n) is 4.96. The number of nitrogens with zero attached hydrogens (tertiary/aromatic N) is 3. The van der Waals surface area contributed by atoms with Gasteiger partial charge in [0.15, 0.2) is 0 Å². The van der Waals surface area contributed by atoms with Crippen molar-refractivity contribution < 1.29 is 5.11 Å². The molecule has 102 valence electrons. The molecule has 1 aromatic heterocycles. The maximum Gasteiger partial charge on any atom is 0.138 e. The largest absolute Gasteiger partial charge is 0.388 e. The van der Waals surface area contributed by atoms with Crippen LogP contribution in [0.2, 0.25) is 5.02 Å². The Morgan fingerprint density at radius 3 is 2.74 bits per heavy atom. The van der Waals surface area contributed by atoms with Gasteiger partial charge in [0.25, 0.3) is 0 Å². The Labute approximate surface area is 118 Å². The van der Waals surface area contributed by atoms with Crippen LogP contribution in [0.4, 0.5) is 0 Å². The summed E-state index contributed by atoms with van der Waals surface area (Å²) < 4.78 is 1.81. The third-order valence-corrected chi connectivity index (χ3v) is 3.35. The minimum Gasteiger partial charge on any atom is -0.388 e. The first kappa shape index (κ1) is 14.0. The highest BCUT2D eigenvalue weighted by molar-refractivity contribution is 6.31. The van der Waals surface area contributed by atoms with Crippen molar-refractivity contribution in [2.24, 2.45) is 0 Å². The summed E-state index contributed by atoms with van der Waals surface area (Å²) in [6, 6.07) is 5.88. The van der Waals surface area contributed by atoms with Crippen molar-refractivity contribution >= 4 is 11.6 Å². The second kappa shape index (κ2) is 5.72. The van der Waals surface area contributed by atoms with Crippen molar-refractivity contribution in [3.05, 3.63) is 46.5 Å². The molecule has 19 heavy (non-hydrogen) atoms. The number of aromatic nitrogens is 3. The van der Waals surface area contributed by atoms with Crippen LogP contribution in [-0.4, -0.2) is 19.9 Å². The molecule has 0 radical (unpaired) electrons. The van der Waals surface area contributed by atoms with E-state index in [-0.39, 0.29) is 6.04 Å². The minimum absolute atomic E-state index is 0.221. The average molecular weight is 280 g/mol. The zero-order valence-corrected chi connectivity index (χ0v) is 12.1. The third-order valence-electron chi connectivity index (χ3n) is 3.03. The average Bonchev–Trinajstić information content (AvgIpc) is 2.76. The van der Waals surface area contributed by atoms with E-state index in [1.54, 1.807) is 0 Å². The molecular formula is C14H18ClN3O. The van der Waals surface area contributed by atoms with Crippen LogP contribution in [0, 0.1) is 6.92 Å². The summed E-state index contributed by atoms with van der Waals surface area (Å²) in [5.41, 5.74) is 1.80. The lowest BCUT2D eigenvalue weighted by Gasteiger charge is -2.15. The van der Waals surface area contributed by atoms with Gasteiger partial charge in [-0.15, -0.1) is 0 Å². The molecule has 0 aliphatic rings. The van der Waals surface area contributed by atoms with Crippen molar-refractivity contribution in [3.63, 3.8) is 0 Å². The van der Waals surface area contributed by atoms with Gasteiger partial charge in [-0.2, -0.15) is 5.10 Å². The van der Waals surface area contributed by atoms with Crippen LogP contribution in [0.5, 0.6) is 0 Å². The molecule has 0 fully saturated rings. The molecule has 0 saturated heterocycles. The molecule has 0 aliphatic heterocycles. The van der Waals surface area contributed by atoms with Gasteiger partial charge < -0.3 is 5.11 Å². The maximum absolute atomic E-state index is 10.3. The molecule has 1 N–H and O–H groups in total. The molecule has 1 unspecified atom stereocenters. The second-order valence-corrected chi connectivity index (χ2v) is 5.37. The van der Waals surface area contributed by atoms with Crippen molar-refractivity contribution in [3.8, 4) is 0 Å². The fourth-order valence-electron chi connectivity index (χ4n) is 2.04. The van der Waals surface area contributed by atoms with Crippen molar-refractivity contribution in [1.82, 2.24) is 14.8 Å². The number of aliphatic hydroxyl groups is 1. The van der Waals surface area contributed by atoms with E-state index in [9.17, 15) is 5.11 Å². The number of halogens is 1. The first-order valence-electron chi connectivity index (χ1n) is 6.31. The molecule has 2 rings (SSSR count). The van der Waals surface area contributed by atoms with Crippen molar-refractivity contribution in [2.75, 3.05) is 0 Å². The summed E-state index contributed by atoms with van der Waals surface area (Å²) >= 11 is 6.16. The normalized spacial score (nSPS) is 12.9. The van der Waals surface area contributed by atoms with E-state index in [1.165, 1.54) is 6.33 Å². The van der Waals surface area contributed by atoms with Gasteiger partial charge in [-0.25, -0.2) is 9.67 Å². The van der Waals surface area contributed by atoms with Gasteiger partial charge in [0.2, 0.25) is 0 Å². The molecular weight excluding hydrogens is 262 g/mol. The summed E-state index contributed by atoms with van der Waals surface area (Å²) in [5.74, 6) is 0.763. The zero-order valence-electron chi connectivity index (χ0n) is 11.3. The fourth-order valence-corrected chi connectivity index (χ4v) is 2.40. The van der Waals surface area contributed by atoms with Crippen LogP contribution in [0.3, 0.4) is 0 Å². The molecule has 0 aliphatic carbocycles. The van der Waals surface area contributed by atoms with E-state index in [2.05, 4.69) is 10.1 Å². The number of hydrogen-bond acceptors (Lipinski definition) is 3. The number of hydrogen-bond donors (Lipinski definition) is 1. The van der Waals surface area contributed by atoms with Crippen molar-refractivity contribution in [1.29, 1.82) is 0 Å². The highest BCUT2D eigenvalue weighted by atomic mass is 35.5. The summed E-state index contributed by atoms with van der Waals surface area (Å²) in [6.45, 7) is 6.03. The predicted molar refractivity (Wildman–Crippen MR) is 75.3 cm³/mol. The lowest BCUT2D eigenvalue weighted by Crippen LogP contribution is -2.12. The van der Waals surface area contributed by atoms with Crippen LogP contribution < -0.4 is 0 Å². The third kappa shape index (κ3) is 3.14. The summed E-state index contributed by atoms with van der Waals surface area (Å²) in [5, 5.41) is 15.1. The van der Waals surface area contributed by atoms with Gasteiger partial charge in [0.05, 0.1) is 6.10 Å². The van der Waals surface area contributed by atoms with Crippen LogP contribution >= 0.6 is 11.6 Å². The highest BCUT2D eigenvalue weighted by Crippen LogP contribution is 2.26. The van der Waals surface area contributed by atoms with Gasteiger partial charge in [-0.05, 0) is 38.0 Å². The van der Waals surface area contributed by atoms with Gasteiger partial charge in [-0.3, -0.25) is 0 Å². The number of benzene rings is 1. The first-order chi connectivity index (χ1) is 8.99. The maximum atomic E-state index is 10.3. The fraction of sp³-hybridized carbons (Fsp3) is 0.429.